The maximum absolute atomic E-state index is 10.8. The molecule has 2 N–H and O–H groups in total. The van der Waals surface area contributed by atoms with Gasteiger partial charge in [0.2, 0.25) is 0 Å². The number of aromatic nitrogens is 2. The largest absolute Gasteiger partial charge is 0.476 e. The molecule has 0 amide bonds. The molecule has 2 rings (SSSR count). The minimum Gasteiger partial charge on any atom is -0.476 e. The SMILES string of the molecule is O=C(O)c1nccnc1N[C@@H]1CCOC1. The van der Waals surface area contributed by atoms with E-state index in [2.05, 4.69) is 15.3 Å². The summed E-state index contributed by atoms with van der Waals surface area (Å²) in [6.07, 6.45) is 3.68. The van der Waals surface area contributed by atoms with Gasteiger partial charge in [-0.1, -0.05) is 0 Å². The number of anilines is 1. The number of rotatable bonds is 3. The molecule has 0 unspecified atom stereocenters. The first-order valence-corrected chi connectivity index (χ1v) is 4.66. The first-order valence-electron chi connectivity index (χ1n) is 4.66. The Bertz CT molecular complexity index is 363. The highest BCUT2D eigenvalue weighted by Crippen LogP contribution is 2.14. The molecule has 15 heavy (non-hydrogen) atoms. The molecule has 6 heteroatoms. The highest BCUT2D eigenvalue weighted by Gasteiger charge is 2.19. The van der Waals surface area contributed by atoms with E-state index in [9.17, 15) is 4.79 Å². The summed E-state index contributed by atoms with van der Waals surface area (Å²) in [5.74, 6) is -0.773. The van der Waals surface area contributed by atoms with Gasteiger partial charge in [-0.2, -0.15) is 0 Å². The second-order valence-electron chi connectivity index (χ2n) is 3.26. The smallest absolute Gasteiger partial charge is 0.358 e. The molecule has 2 heterocycles. The molecule has 0 spiro atoms. The average Bonchev–Trinajstić information content (AvgIpc) is 2.71. The van der Waals surface area contributed by atoms with Gasteiger partial charge in [-0.25, -0.2) is 14.8 Å². The van der Waals surface area contributed by atoms with Gasteiger partial charge in [-0.15, -0.1) is 0 Å². The van der Waals surface area contributed by atoms with Gasteiger partial charge in [0.05, 0.1) is 12.6 Å². The van der Waals surface area contributed by atoms with Crippen LogP contribution in [-0.2, 0) is 4.74 Å². The maximum Gasteiger partial charge on any atom is 0.358 e. The van der Waals surface area contributed by atoms with Crippen molar-refractivity contribution in [2.24, 2.45) is 0 Å². The first-order chi connectivity index (χ1) is 7.27. The molecule has 1 fully saturated rings. The van der Waals surface area contributed by atoms with Crippen molar-refractivity contribution in [3.63, 3.8) is 0 Å². The quantitative estimate of drug-likeness (QED) is 0.748. The fourth-order valence-corrected chi connectivity index (χ4v) is 1.44. The van der Waals surface area contributed by atoms with Crippen LogP contribution in [0.25, 0.3) is 0 Å². The van der Waals surface area contributed by atoms with Crippen LogP contribution in [0.4, 0.5) is 5.82 Å². The van der Waals surface area contributed by atoms with E-state index in [-0.39, 0.29) is 11.7 Å². The van der Waals surface area contributed by atoms with Gasteiger partial charge in [-0.3, -0.25) is 0 Å². The van der Waals surface area contributed by atoms with Gasteiger partial charge in [0.15, 0.2) is 11.5 Å². The molecule has 1 saturated heterocycles. The van der Waals surface area contributed by atoms with Crippen LogP contribution in [0.2, 0.25) is 0 Å². The summed E-state index contributed by atoms with van der Waals surface area (Å²) in [6, 6.07) is 0.125. The van der Waals surface area contributed by atoms with Crippen molar-refractivity contribution in [1.82, 2.24) is 9.97 Å². The summed E-state index contributed by atoms with van der Waals surface area (Å²) in [7, 11) is 0. The van der Waals surface area contributed by atoms with Crippen LogP contribution in [0.15, 0.2) is 12.4 Å². The lowest BCUT2D eigenvalue weighted by atomic mass is 10.2. The summed E-state index contributed by atoms with van der Waals surface area (Å²) >= 11 is 0. The summed E-state index contributed by atoms with van der Waals surface area (Å²) in [5, 5.41) is 11.9. The van der Waals surface area contributed by atoms with Crippen molar-refractivity contribution in [2.45, 2.75) is 12.5 Å². The van der Waals surface area contributed by atoms with Crippen LogP contribution < -0.4 is 5.32 Å². The third kappa shape index (κ3) is 2.21. The molecule has 0 saturated carbocycles. The molecule has 1 aliphatic rings. The molecular weight excluding hydrogens is 198 g/mol. The molecule has 80 valence electrons. The van der Waals surface area contributed by atoms with Crippen molar-refractivity contribution >= 4 is 11.8 Å². The molecule has 1 aromatic rings. The van der Waals surface area contributed by atoms with Crippen molar-refractivity contribution in [3.05, 3.63) is 18.1 Å². The third-order valence-corrected chi connectivity index (χ3v) is 2.17. The lowest BCUT2D eigenvalue weighted by Gasteiger charge is -2.11. The Morgan fingerprint density at radius 2 is 2.33 bits per heavy atom. The third-order valence-electron chi connectivity index (χ3n) is 2.17. The average molecular weight is 209 g/mol. The minimum absolute atomic E-state index is 0.0515. The Morgan fingerprint density at radius 1 is 1.53 bits per heavy atom. The Balaban J connectivity index is 2.15. The molecule has 1 aliphatic heterocycles. The Hall–Kier alpha value is -1.69. The number of carboxylic acid groups (broad SMARTS) is 1. The number of aromatic carboxylic acids is 1. The molecule has 1 atom stereocenters. The zero-order valence-electron chi connectivity index (χ0n) is 8.01. The molecule has 0 bridgehead atoms. The normalized spacial score (nSPS) is 20.1. The molecule has 0 aromatic carbocycles. The fraction of sp³-hybridized carbons (Fsp3) is 0.444. The fourth-order valence-electron chi connectivity index (χ4n) is 1.44. The van der Waals surface area contributed by atoms with E-state index >= 15 is 0 Å². The highest BCUT2D eigenvalue weighted by molar-refractivity contribution is 5.90. The van der Waals surface area contributed by atoms with Crippen molar-refractivity contribution < 1.29 is 14.6 Å². The Labute approximate surface area is 86.3 Å². The van der Waals surface area contributed by atoms with Gasteiger partial charge in [0.25, 0.3) is 0 Å². The van der Waals surface area contributed by atoms with Crippen LogP contribution in [0, 0.1) is 0 Å². The van der Waals surface area contributed by atoms with E-state index in [1.807, 2.05) is 0 Å². The number of hydrogen-bond donors (Lipinski definition) is 2. The van der Waals surface area contributed by atoms with Gasteiger partial charge in [-0.05, 0) is 6.42 Å². The van der Waals surface area contributed by atoms with Crippen LogP contribution in [0.3, 0.4) is 0 Å². The summed E-state index contributed by atoms with van der Waals surface area (Å²) < 4.78 is 5.17. The molecule has 0 radical (unpaired) electrons. The number of carbonyl (C=O) groups is 1. The lowest BCUT2D eigenvalue weighted by molar-refractivity contribution is 0.0691. The highest BCUT2D eigenvalue weighted by atomic mass is 16.5. The van der Waals surface area contributed by atoms with Gasteiger partial charge in [0.1, 0.15) is 0 Å². The van der Waals surface area contributed by atoms with E-state index in [1.54, 1.807) is 0 Å². The van der Waals surface area contributed by atoms with Crippen molar-refractivity contribution in [2.75, 3.05) is 18.5 Å². The van der Waals surface area contributed by atoms with Crippen LogP contribution in [-0.4, -0.2) is 40.3 Å². The monoisotopic (exact) mass is 209 g/mol. The topological polar surface area (TPSA) is 84.3 Å². The zero-order valence-corrected chi connectivity index (χ0v) is 8.01. The van der Waals surface area contributed by atoms with Crippen molar-refractivity contribution in [3.8, 4) is 0 Å². The van der Waals surface area contributed by atoms with E-state index in [0.717, 1.165) is 6.42 Å². The van der Waals surface area contributed by atoms with Gasteiger partial charge in [0, 0.05) is 19.0 Å². The second-order valence-corrected chi connectivity index (χ2v) is 3.26. The second kappa shape index (κ2) is 4.22. The Kier molecular flexibility index (Phi) is 2.77. The molecule has 6 nitrogen and oxygen atoms in total. The van der Waals surface area contributed by atoms with Gasteiger partial charge < -0.3 is 15.2 Å². The van der Waals surface area contributed by atoms with Crippen LogP contribution in [0.5, 0.6) is 0 Å². The molecule has 0 aliphatic carbocycles. The van der Waals surface area contributed by atoms with Crippen LogP contribution in [0.1, 0.15) is 16.9 Å². The van der Waals surface area contributed by atoms with Crippen LogP contribution >= 0.6 is 0 Å². The van der Waals surface area contributed by atoms with E-state index < -0.39 is 5.97 Å². The minimum atomic E-state index is -1.08. The first kappa shape index (κ1) is 9.85. The standard InChI is InChI=1S/C9H11N3O3/c13-9(14)7-8(11-3-2-10-7)12-6-1-4-15-5-6/h2-3,6H,1,4-5H2,(H,11,12)(H,13,14)/t6-/m1/s1. The number of nitrogens with one attached hydrogen (secondary N) is 1. The molecule has 1 aromatic heterocycles. The van der Waals surface area contributed by atoms with E-state index in [0.29, 0.717) is 19.0 Å². The summed E-state index contributed by atoms with van der Waals surface area (Å²) in [5.41, 5.74) is -0.0515. The zero-order chi connectivity index (χ0) is 10.7. The number of hydrogen-bond acceptors (Lipinski definition) is 5. The number of nitrogens with zero attached hydrogens (tertiary/aromatic N) is 2. The van der Waals surface area contributed by atoms with Gasteiger partial charge >= 0.3 is 5.97 Å². The predicted molar refractivity (Wildman–Crippen MR) is 51.8 cm³/mol. The lowest BCUT2D eigenvalue weighted by Crippen LogP contribution is -2.22. The van der Waals surface area contributed by atoms with Crippen molar-refractivity contribution in [1.29, 1.82) is 0 Å². The number of carboxylic acids is 1. The summed E-state index contributed by atoms with van der Waals surface area (Å²) in [6.45, 7) is 1.27. The Morgan fingerprint density at radius 3 is 3.00 bits per heavy atom. The van der Waals surface area contributed by atoms with E-state index in [1.165, 1.54) is 12.4 Å². The maximum atomic E-state index is 10.8. The van der Waals surface area contributed by atoms with E-state index in [4.69, 9.17) is 9.84 Å². The number of ether oxygens (including phenoxy) is 1. The summed E-state index contributed by atoms with van der Waals surface area (Å²) in [4.78, 5) is 18.5. The molecular formula is C9H11N3O3. The predicted octanol–water partition coefficient (Wildman–Crippen LogP) is 0.376.